The van der Waals surface area contributed by atoms with Gasteiger partial charge in [-0.15, -0.1) is 0 Å². The van der Waals surface area contributed by atoms with E-state index in [1.165, 1.54) is 0 Å². The summed E-state index contributed by atoms with van der Waals surface area (Å²) in [6.07, 6.45) is 0. The molecule has 1 rings (SSSR count). The van der Waals surface area contributed by atoms with Crippen molar-refractivity contribution in [2.24, 2.45) is 0 Å². The van der Waals surface area contributed by atoms with Crippen LogP contribution in [0.25, 0.3) is 0 Å². The third kappa shape index (κ3) is 3.98. The SMILES string of the molecule is CC(C)c1c(Cl)cc(S(=O)(=O)O)c(Cl)c1Cl.[H-].[Na+]. The van der Waals surface area contributed by atoms with Crippen molar-refractivity contribution >= 4 is 44.9 Å². The molecule has 0 aliphatic heterocycles. The van der Waals surface area contributed by atoms with Gasteiger partial charge in [0.25, 0.3) is 10.1 Å². The fourth-order valence-electron chi connectivity index (χ4n) is 1.30. The van der Waals surface area contributed by atoms with Crippen molar-refractivity contribution in [3.63, 3.8) is 0 Å². The monoisotopic (exact) mass is 326 g/mol. The molecule has 0 amide bonds. The molecule has 0 saturated carbocycles. The van der Waals surface area contributed by atoms with Gasteiger partial charge in [-0.05, 0) is 17.5 Å². The van der Waals surface area contributed by atoms with Crippen LogP contribution in [0.3, 0.4) is 0 Å². The van der Waals surface area contributed by atoms with E-state index in [0.29, 0.717) is 5.56 Å². The van der Waals surface area contributed by atoms with E-state index >= 15 is 0 Å². The van der Waals surface area contributed by atoms with Crippen molar-refractivity contribution in [2.75, 3.05) is 0 Å². The standard InChI is InChI=1S/C9H9Cl3O3S.Na.H/c1-4(2)7-5(10)3-6(16(13,14)15)8(11)9(7)12;;/h3-4H,1-2H3,(H,13,14,15);;/q;+1;-1. The van der Waals surface area contributed by atoms with Crippen molar-refractivity contribution in [1.29, 1.82) is 0 Å². The Morgan fingerprint density at radius 2 is 1.71 bits per heavy atom. The first-order valence-electron chi connectivity index (χ1n) is 4.31. The molecule has 0 saturated heterocycles. The molecule has 1 aromatic carbocycles. The Kier molecular flexibility index (Phi) is 6.82. The Bertz CT molecular complexity index is 534. The maximum atomic E-state index is 11.0. The average molecular weight is 328 g/mol. The van der Waals surface area contributed by atoms with Gasteiger partial charge >= 0.3 is 29.6 Å². The van der Waals surface area contributed by atoms with E-state index in [9.17, 15) is 8.42 Å². The third-order valence-corrected chi connectivity index (χ3v) is 4.20. The van der Waals surface area contributed by atoms with Crippen LogP contribution in [-0.2, 0) is 10.1 Å². The Hall–Kier alpha value is 1.000. The maximum absolute atomic E-state index is 11.0. The molecule has 92 valence electrons. The van der Waals surface area contributed by atoms with Crippen molar-refractivity contribution in [3.05, 3.63) is 26.7 Å². The minimum absolute atomic E-state index is 0. The zero-order valence-corrected chi connectivity index (χ0v) is 14.5. The smallest absolute Gasteiger partial charge is 1.00 e. The maximum Gasteiger partial charge on any atom is 1.00 e. The normalized spacial score (nSPS) is 11.5. The van der Waals surface area contributed by atoms with Crippen LogP contribution >= 0.6 is 34.8 Å². The molecular weight excluding hydrogens is 318 g/mol. The minimum atomic E-state index is -4.42. The van der Waals surface area contributed by atoms with Crippen molar-refractivity contribution < 1.29 is 44.0 Å². The summed E-state index contributed by atoms with van der Waals surface area (Å²) in [6, 6.07) is 1.10. The Morgan fingerprint density at radius 3 is 2.06 bits per heavy atom. The van der Waals surface area contributed by atoms with E-state index in [1.54, 1.807) is 0 Å². The van der Waals surface area contributed by atoms with Crippen molar-refractivity contribution in [3.8, 4) is 0 Å². The molecule has 1 aromatic rings. The van der Waals surface area contributed by atoms with Crippen LogP contribution in [0.5, 0.6) is 0 Å². The number of rotatable bonds is 2. The average Bonchev–Trinajstić information content (AvgIpc) is 2.09. The quantitative estimate of drug-likeness (QED) is 0.503. The van der Waals surface area contributed by atoms with Crippen LogP contribution in [-0.4, -0.2) is 13.0 Å². The molecular formula is C9H10Cl3NaO3S. The Balaban J connectivity index is 0. The van der Waals surface area contributed by atoms with E-state index in [-0.39, 0.29) is 52.0 Å². The van der Waals surface area contributed by atoms with Gasteiger partial charge in [0.15, 0.2) is 0 Å². The minimum Gasteiger partial charge on any atom is -1.00 e. The fourth-order valence-corrected chi connectivity index (χ4v) is 3.36. The second-order valence-electron chi connectivity index (χ2n) is 3.53. The largest absolute Gasteiger partial charge is 1.00 e. The summed E-state index contributed by atoms with van der Waals surface area (Å²) in [5.74, 6) is -0.00653. The van der Waals surface area contributed by atoms with Gasteiger partial charge in [0.05, 0.1) is 10.0 Å². The summed E-state index contributed by atoms with van der Waals surface area (Å²) >= 11 is 17.6. The molecule has 0 fully saturated rings. The first-order valence-corrected chi connectivity index (χ1v) is 6.88. The summed E-state index contributed by atoms with van der Waals surface area (Å²) in [4.78, 5) is -0.478. The van der Waals surface area contributed by atoms with E-state index in [0.717, 1.165) is 6.07 Å². The van der Waals surface area contributed by atoms with Gasteiger partial charge in [-0.25, -0.2) is 0 Å². The van der Waals surface area contributed by atoms with E-state index in [4.69, 9.17) is 39.4 Å². The number of hydrogen-bond acceptors (Lipinski definition) is 2. The summed E-state index contributed by atoms with van der Waals surface area (Å²) in [6.45, 7) is 3.69. The predicted molar refractivity (Wildman–Crippen MR) is 66.5 cm³/mol. The summed E-state index contributed by atoms with van der Waals surface area (Å²) in [7, 11) is -4.42. The molecule has 0 unspecified atom stereocenters. The van der Waals surface area contributed by atoms with Crippen LogP contribution in [0.1, 0.15) is 26.8 Å². The van der Waals surface area contributed by atoms with Gasteiger partial charge in [0.1, 0.15) is 4.90 Å². The molecule has 17 heavy (non-hydrogen) atoms. The molecule has 3 nitrogen and oxygen atoms in total. The Morgan fingerprint density at radius 1 is 1.24 bits per heavy atom. The topological polar surface area (TPSA) is 54.4 Å². The summed E-state index contributed by atoms with van der Waals surface area (Å²) in [5.41, 5.74) is 0.556. The second kappa shape index (κ2) is 6.44. The number of benzene rings is 1. The van der Waals surface area contributed by atoms with Crippen LogP contribution in [0.4, 0.5) is 0 Å². The summed E-state index contributed by atoms with van der Waals surface area (Å²) < 4.78 is 30.9. The molecule has 0 aliphatic rings. The fraction of sp³-hybridized carbons (Fsp3) is 0.333. The molecule has 0 atom stereocenters. The van der Waals surface area contributed by atoms with Gasteiger partial charge in [0.2, 0.25) is 0 Å². The first-order chi connectivity index (χ1) is 7.16. The predicted octanol–water partition coefficient (Wildman–Crippen LogP) is 1.13. The third-order valence-electron chi connectivity index (χ3n) is 2.02. The first kappa shape index (κ1) is 18.0. The van der Waals surface area contributed by atoms with Gasteiger partial charge in [-0.1, -0.05) is 48.7 Å². The zero-order valence-electron chi connectivity index (χ0n) is 10.5. The molecule has 0 radical (unpaired) electrons. The van der Waals surface area contributed by atoms with Crippen LogP contribution in [0.2, 0.25) is 15.1 Å². The second-order valence-corrected chi connectivity index (χ2v) is 6.08. The molecule has 1 N–H and O–H groups in total. The van der Waals surface area contributed by atoms with E-state index in [1.807, 2.05) is 13.8 Å². The van der Waals surface area contributed by atoms with E-state index < -0.39 is 15.0 Å². The zero-order chi connectivity index (χ0) is 12.7. The molecule has 0 aromatic heterocycles. The van der Waals surface area contributed by atoms with Gasteiger partial charge < -0.3 is 1.43 Å². The van der Waals surface area contributed by atoms with Gasteiger partial charge in [-0.3, -0.25) is 4.55 Å². The number of halogens is 3. The molecule has 0 spiro atoms. The van der Waals surface area contributed by atoms with Crippen LogP contribution < -0.4 is 29.6 Å². The van der Waals surface area contributed by atoms with Gasteiger partial charge in [-0.2, -0.15) is 8.42 Å². The molecule has 0 heterocycles. The van der Waals surface area contributed by atoms with Crippen molar-refractivity contribution in [2.45, 2.75) is 24.7 Å². The van der Waals surface area contributed by atoms with Gasteiger partial charge in [0, 0.05) is 5.02 Å². The molecule has 8 heteroatoms. The number of hydrogen-bond donors (Lipinski definition) is 1. The van der Waals surface area contributed by atoms with Crippen molar-refractivity contribution in [1.82, 2.24) is 0 Å². The molecule has 0 aliphatic carbocycles. The van der Waals surface area contributed by atoms with E-state index in [2.05, 4.69) is 0 Å². The van der Waals surface area contributed by atoms with Crippen LogP contribution in [0, 0.1) is 0 Å². The van der Waals surface area contributed by atoms with Crippen LogP contribution in [0.15, 0.2) is 11.0 Å². The Labute approximate surface area is 139 Å². The summed E-state index contributed by atoms with van der Waals surface area (Å²) in [5, 5.41) is 0.00563. The molecule has 0 bridgehead atoms.